The third-order valence-electron chi connectivity index (χ3n) is 4.18. The molecule has 1 fully saturated rings. The molecule has 0 saturated carbocycles. The lowest BCUT2D eigenvalue weighted by atomic mass is 9.96. The summed E-state index contributed by atoms with van der Waals surface area (Å²) in [6.45, 7) is 0.466. The lowest BCUT2D eigenvalue weighted by molar-refractivity contribution is -0.142. The standard InChI is InChI=1S/C16H18N4O3/c1-19-10-12(9-18-19)15-13(16(22)23)7-14(21)20(15)6-4-11-3-2-5-17-8-11/h2-3,5,8-10,13,15H,4,6-7H2,1H3,(H,22,23)/t13-,15+/m1/s1. The van der Waals surface area contributed by atoms with Crippen LogP contribution in [0.4, 0.5) is 0 Å². The molecule has 3 rings (SSSR count). The Balaban J connectivity index is 1.83. The monoisotopic (exact) mass is 314 g/mol. The molecule has 3 heterocycles. The number of aryl methyl sites for hydroxylation is 1. The number of amides is 1. The van der Waals surface area contributed by atoms with E-state index in [0.717, 1.165) is 11.1 Å². The van der Waals surface area contributed by atoms with Crippen LogP contribution in [0.3, 0.4) is 0 Å². The summed E-state index contributed by atoms with van der Waals surface area (Å²) in [6, 6.07) is 3.33. The number of pyridine rings is 1. The molecule has 0 bridgehead atoms. The van der Waals surface area contributed by atoms with Crippen LogP contribution >= 0.6 is 0 Å². The molecule has 2 aromatic heterocycles. The molecule has 2 aromatic rings. The molecular weight excluding hydrogens is 296 g/mol. The molecule has 0 aliphatic carbocycles. The Morgan fingerprint density at radius 3 is 2.87 bits per heavy atom. The van der Waals surface area contributed by atoms with E-state index in [1.165, 1.54) is 0 Å². The van der Waals surface area contributed by atoms with E-state index in [0.29, 0.717) is 13.0 Å². The minimum atomic E-state index is -0.948. The molecule has 23 heavy (non-hydrogen) atoms. The summed E-state index contributed by atoms with van der Waals surface area (Å²) in [5.74, 6) is -1.81. The summed E-state index contributed by atoms with van der Waals surface area (Å²) in [6.07, 6.45) is 7.54. The molecule has 7 nitrogen and oxygen atoms in total. The van der Waals surface area contributed by atoms with Crippen LogP contribution in [0, 0.1) is 5.92 Å². The average molecular weight is 314 g/mol. The van der Waals surface area contributed by atoms with Crippen molar-refractivity contribution in [3.05, 3.63) is 48.0 Å². The van der Waals surface area contributed by atoms with E-state index >= 15 is 0 Å². The highest BCUT2D eigenvalue weighted by atomic mass is 16.4. The van der Waals surface area contributed by atoms with Gasteiger partial charge in [0.25, 0.3) is 0 Å². The summed E-state index contributed by atoms with van der Waals surface area (Å²) >= 11 is 0. The Kier molecular flexibility index (Phi) is 4.10. The summed E-state index contributed by atoms with van der Waals surface area (Å²) < 4.78 is 1.62. The summed E-state index contributed by atoms with van der Waals surface area (Å²) in [5, 5.41) is 13.6. The van der Waals surface area contributed by atoms with Crippen molar-refractivity contribution in [3.8, 4) is 0 Å². The predicted octanol–water partition coefficient (Wildman–Crippen LogP) is 1.03. The molecule has 0 aromatic carbocycles. The SMILES string of the molecule is Cn1cc([C@H]2[C@H](C(=O)O)CC(=O)N2CCc2cccnc2)cn1. The highest BCUT2D eigenvalue weighted by Gasteiger charge is 2.44. The second-order valence-corrected chi connectivity index (χ2v) is 5.74. The molecule has 0 radical (unpaired) electrons. The van der Waals surface area contributed by atoms with Crippen molar-refractivity contribution in [1.29, 1.82) is 0 Å². The molecule has 1 aliphatic rings. The zero-order valence-electron chi connectivity index (χ0n) is 12.8. The smallest absolute Gasteiger partial charge is 0.309 e. The van der Waals surface area contributed by atoms with Crippen LogP contribution in [0.15, 0.2) is 36.9 Å². The number of hydrogen-bond donors (Lipinski definition) is 1. The van der Waals surface area contributed by atoms with Crippen LogP contribution < -0.4 is 0 Å². The van der Waals surface area contributed by atoms with E-state index in [2.05, 4.69) is 10.1 Å². The lowest BCUT2D eigenvalue weighted by Crippen LogP contribution is -2.32. The van der Waals surface area contributed by atoms with Gasteiger partial charge < -0.3 is 10.0 Å². The molecule has 1 saturated heterocycles. The summed E-state index contributed by atoms with van der Waals surface area (Å²) in [4.78, 5) is 29.6. The number of likely N-dealkylation sites (tertiary alicyclic amines) is 1. The number of nitrogens with zero attached hydrogens (tertiary/aromatic N) is 4. The van der Waals surface area contributed by atoms with Gasteiger partial charge in [-0.25, -0.2) is 0 Å². The van der Waals surface area contributed by atoms with E-state index in [4.69, 9.17) is 0 Å². The predicted molar refractivity (Wildman–Crippen MR) is 81.3 cm³/mol. The first kappa shape index (κ1) is 15.2. The topological polar surface area (TPSA) is 88.3 Å². The van der Waals surface area contributed by atoms with E-state index in [-0.39, 0.29) is 12.3 Å². The molecule has 2 atom stereocenters. The highest BCUT2D eigenvalue weighted by molar-refractivity contribution is 5.87. The second kappa shape index (κ2) is 6.20. The van der Waals surface area contributed by atoms with Gasteiger partial charge in [0.05, 0.1) is 18.2 Å². The van der Waals surface area contributed by atoms with Gasteiger partial charge in [0.1, 0.15) is 0 Å². The maximum atomic E-state index is 12.3. The third-order valence-corrected chi connectivity index (χ3v) is 4.18. The van der Waals surface area contributed by atoms with Gasteiger partial charge in [-0.2, -0.15) is 5.10 Å². The first-order valence-electron chi connectivity index (χ1n) is 7.46. The van der Waals surface area contributed by atoms with Crippen LogP contribution in [0.5, 0.6) is 0 Å². The summed E-state index contributed by atoms with van der Waals surface area (Å²) in [5.41, 5.74) is 1.78. The second-order valence-electron chi connectivity index (χ2n) is 5.74. The van der Waals surface area contributed by atoms with E-state index in [1.54, 1.807) is 41.4 Å². The maximum Gasteiger partial charge on any atom is 0.309 e. The fraction of sp³-hybridized carbons (Fsp3) is 0.375. The molecule has 7 heteroatoms. The van der Waals surface area contributed by atoms with Gasteiger partial charge in [-0.1, -0.05) is 6.07 Å². The van der Waals surface area contributed by atoms with Gasteiger partial charge >= 0.3 is 5.97 Å². The van der Waals surface area contributed by atoms with E-state index < -0.39 is 17.9 Å². The molecule has 0 spiro atoms. The van der Waals surface area contributed by atoms with Gasteiger partial charge in [-0.05, 0) is 18.1 Å². The largest absolute Gasteiger partial charge is 0.481 e. The van der Waals surface area contributed by atoms with Gasteiger partial charge in [-0.15, -0.1) is 0 Å². The van der Waals surface area contributed by atoms with Crippen LogP contribution in [-0.2, 0) is 23.1 Å². The Morgan fingerprint density at radius 1 is 1.43 bits per heavy atom. The Labute approximate surface area is 133 Å². The number of carboxylic acid groups (broad SMARTS) is 1. The van der Waals surface area contributed by atoms with Crippen molar-refractivity contribution in [2.24, 2.45) is 13.0 Å². The number of aromatic nitrogens is 3. The minimum Gasteiger partial charge on any atom is -0.481 e. The molecule has 1 amide bonds. The number of carbonyl (C=O) groups is 2. The number of carboxylic acids is 1. The van der Waals surface area contributed by atoms with Crippen molar-refractivity contribution in [2.75, 3.05) is 6.54 Å². The number of rotatable bonds is 5. The lowest BCUT2D eigenvalue weighted by Gasteiger charge is -2.26. The average Bonchev–Trinajstić information content (AvgIpc) is 3.09. The Morgan fingerprint density at radius 2 is 2.26 bits per heavy atom. The van der Waals surface area contributed by atoms with Crippen molar-refractivity contribution in [2.45, 2.75) is 18.9 Å². The first-order chi connectivity index (χ1) is 11.1. The van der Waals surface area contributed by atoms with Crippen LogP contribution in [0.1, 0.15) is 23.6 Å². The van der Waals surface area contributed by atoms with E-state index in [9.17, 15) is 14.7 Å². The molecule has 1 N–H and O–H groups in total. The number of aliphatic carboxylic acids is 1. The normalized spacial score (nSPS) is 20.9. The van der Waals surface area contributed by atoms with Gasteiger partial charge in [-0.3, -0.25) is 19.3 Å². The highest BCUT2D eigenvalue weighted by Crippen LogP contribution is 2.38. The number of carbonyl (C=O) groups excluding carboxylic acids is 1. The fourth-order valence-electron chi connectivity index (χ4n) is 3.08. The Hall–Kier alpha value is -2.70. The third kappa shape index (κ3) is 3.08. The molecular formula is C16H18N4O3. The van der Waals surface area contributed by atoms with Crippen LogP contribution in [-0.4, -0.2) is 43.2 Å². The zero-order valence-corrected chi connectivity index (χ0v) is 12.8. The van der Waals surface area contributed by atoms with Crippen molar-refractivity contribution >= 4 is 11.9 Å². The van der Waals surface area contributed by atoms with Crippen LogP contribution in [0.2, 0.25) is 0 Å². The van der Waals surface area contributed by atoms with Crippen molar-refractivity contribution < 1.29 is 14.7 Å². The van der Waals surface area contributed by atoms with Gasteiger partial charge in [0, 0.05) is 44.2 Å². The number of hydrogen-bond acceptors (Lipinski definition) is 4. The Bertz CT molecular complexity index is 713. The van der Waals surface area contributed by atoms with Crippen LogP contribution in [0.25, 0.3) is 0 Å². The van der Waals surface area contributed by atoms with Gasteiger partial charge in [0.15, 0.2) is 0 Å². The zero-order chi connectivity index (χ0) is 16.4. The van der Waals surface area contributed by atoms with E-state index in [1.807, 2.05) is 12.1 Å². The van der Waals surface area contributed by atoms with Crippen molar-refractivity contribution in [1.82, 2.24) is 19.7 Å². The maximum absolute atomic E-state index is 12.3. The summed E-state index contributed by atoms with van der Waals surface area (Å²) in [7, 11) is 1.77. The van der Waals surface area contributed by atoms with Crippen molar-refractivity contribution in [3.63, 3.8) is 0 Å². The molecule has 0 unspecified atom stereocenters. The minimum absolute atomic E-state index is 0.0297. The van der Waals surface area contributed by atoms with Gasteiger partial charge in [0.2, 0.25) is 5.91 Å². The quantitative estimate of drug-likeness (QED) is 0.890. The molecule has 1 aliphatic heterocycles. The first-order valence-corrected chi connectivity index (χ1v) is 7.46. The molecule has 120 valence electrons. The fourth-order valence-corrected chi connectivity index (χ4v) is 3.08.